The quantitative estimate of drug-likeness (QED) is 0.826. The highest BCUT2D eigenvalue weighted by Crippen LogP contribution is 2.35. The summed E-state index contributed by atoms with van der Waals surface area (Å²) in [4.78, 5) is 17.2. The number of nitrogens with zero attached hydrogens (tertiary/aromatic N) is 2. The third kappa shape index (κ3) is 2.01. The number of piperidine rings is 1. The second kappa shape index (κ2) is 4.49. The van der Waals surface area contributed by atoms with E-state index in [0.717, 1.165) is 18.4 Å². The monoisotopic (exact) mass is 245 g/mol. The van der Waals surface area contributed by atoms with Crippen molar-refractivity contribution in [2.75, 3.05) is 6.54 Å². The van der Waals surface area contributed by atoms with Gasteiger partial charge in [0.2, 0.25) is 0 Å². The number of nitriles is 1. The molecule has 0 spiro atoms. The predicted molar refractivity (Wildman–Crippen MR) is 69.0 cm³/mol. The first-order valence-electron chi connectivity index (χ1n) is 6.31. The van der Waals surface area contributed by atoms with E-state index in [1.54, 1.807) is 11.1 Å². The lowest BCUT2D eigenvalue weighted by molar-refractivity contribution is 0.0437. The maximum atomic E-state index is 12.5. The zero-order chi connectivity index (χ0) is 13.3. The third-order valence-electron chi connectivity index (χ3n) is 3.84. The molecule has 1 atom stereocenters. The largest absolute Gasteiger partial charge is 0.367 e. The summed E-state index contributed by atoms with van der Waals surface area (Å²) >= 11 is 0. The first kappa shape index (κ1) is 12.7. The van der Waals surface area contributed by atoms with E-state index in [1.807, 2.05) is 13.1 Å². The van der Waals surface area contributed by atoms with Gasteiger partial charge in [-0.1, -0.05) is 13.8 Å². The zero-order valence-electron chi connectivity index (χ0n) is 11.2. The van der Waals surface area contributed by atoms with Crippen LogP contribution < -0.4 is 0 Å². The van der Waals surface area contributed by atoms with Crippen molar-refractivity contribution in [3.05, 3.63) is 23.5 Å². The van der Waals surface area contributed by atoms with Gasteiger partial charge in [-0.05, 0) is 30.7 Å². The molecule has 0 radical (unpaired) electrons. The van der Waals surface area contributed by atoms with E-state index in [2.05, 4.69) is 24.9 Å². The van der Waals surface area contributed by atoms with Gasteiger partial charge >= 0.3 is 0 Å². The van der Waals surface area contributed by atoms with Crippen molar-refractivity contribution in [1.82, 2.24) is 9.88 Å². The van der Waals surface area contributed by atoms with Gasteiger partial charge in [0.25, 0.3) is 5.91 Å². The van der Waals surface area contributed by atoms with Crippen LogP contribution in [0.2, 0.25) is 0 Å². The fourth-order valence-electron chi connectivity index (χ4n) is 2.68. The normalized spacial score (nSPS) is 22.6. The number of hydrogen-bond donors (Lipinski definition) is 1. The topological polar surface area (TPSA) is 59.9 Å². The van der Waals surface area contributed by atoms with Crippen molar-refractivity contribution < 1.29 is 4.79 Å². The number of carbonyl (C=O) groups excluding carboxylic acids is 1. The molecule has 0 aromatic carbocycles. The molecular formula is C14H19N3O. The summed E-state index contributed by atoms with van der Waals surface area (Å²) in [5.74, 6) is -0.0342. The standard InChI is InChI=1S/C14H19N3O/c1-10-8-16-9-11(10)13(18)17-6-4-5-14(2,3)12(17)7-15/h8-9,12,16H,4-6H2,1-3H3. The van der Waals surface area contributed by atoms with Gasteiger partial charge < -0.3 is 9.88 Å². The molecule has 1 aromatic heterocycles. The lowest BCUT2D eigenvalue weighted by Crippen LogP contribution is -2.51. The molecule has 1 fully saturated rings. The summed E-state index contributed by atoms with van der Waals surface area (Å²) in [6.07, 6.45) is 5.47. The number of aromatic nitrogens is 1. The number of likely N-dealkylation sites (tertiary alicyclic amines) is 1. The summed E-state index contributed by atoms with van der Waals surface area (Å²) in [5.41, 5.74) is 1.47. The van der Waals surface area contributed by atoms with Gasteiger partial charge in [0.05, 0.1) is 11.6 Å². The summed E-state index contributed by atoms with van der Waals surface area (Å²) < 4.78 is 0. The van der Waals surface area contributed by atoms with Crippen molar-refractivity contribution in [2.24, 2.45) is 5.41 Å². The smallest absolute Gasteiger partial charge is 0.256 e. The molecule has 1 saturated heterocycles. The highest BCUT2D eigenvalue weighted by Gasteiger charge is 2.40. The first-order valence-corrected chi connectivity index (χ1v) is 6.31. The summed E-state index contributed by atoms with van der Waals surface area (Å²) in [6.45, 7) is 6.69. The van der Waals surface area contributed by atoms with Crippen LogP contribution >= 0.6 is 0 Å². The Balaban J connectivity index is 2.30. The molecule has 2 heterocycles. The SMILES string of the molecule is Cc1c[nH]cc1C(=O)N1CCCC(C)(C)C1C#N. The van der Waals surface area contributed by atoms with Crippen LogP contribution in [0.25, 0.3) is 0 Å². The summed E-state index contributed by atoms with van der Waals surface area (Å²) in [7, 11) is 0. The summed E-state index contributed by atoms with van der Waals surface area (Å²) in [5, 5.41) is 9.36. The van der Waals surface area contributed by atoms with E-state index < -0.39 is 0 Å². The molecule has 4 nitrogen and oxygen atoms in total. The van der Waals surface area contributed by atoms with Gasteiger partial charge in [0.15, 0.2) is 0 Å². The van der Waals surface area contributed by atoms with Crippen LogP contribution in [0, 0.1) is 23.7 Å². The van der Waals surface area contributed by atoms with Crippen LogP contribution in [0.5, 0.6) is 0 Å². The van der Waals surface area contributed by atoms with Crippen LogP contribution in [-0.2, 0) is 0 Å². The molecule has 1 unspecified atom stereocenters. The number of aryl methyl sites for hydroxylation is 1. The molecule has 18 heavy (non-hydrogen) atoms. The van der Waals surface area contributed by atoms with E-state index in [1.165, 1.54) is 0 Å². The molecule has 1 amide bonds. The van der Waals surface area contributed by atoms with Gasteiger partial charge in [-0.25, -0.2) is 0 Å². The number of amides is 1. The molecule has 0 bridgehead atoms. The Bertz CT molecular complexity index is 495. The molecular weight excluding hydrogens is 226 g/mol. The molecule has 4 heteroatoms. The van der Waals surface area contributed by atoms with Gasteiger partial charge in [-0.2, -0.15) is 5.26 Å². The van der Waals surface area contributed by atoms with E-state index in [4.69, 9.17) is 0 Å². The Morgan fingerprint density at radius 1 is 1.56 bits per heavy atom. The molecule has 0 aliphatic carbocycles. The van der Waals surface area contributed by atoms with E-state index in [0.29, 0.717) is 12.1 Å². The van der Waals surface area contributed by atoms with E-state index >= 15 is 0 Å². The minimum absolute atomic E-state index is 0.0342. The maximum absolute atomic E-state index is 12.5. The lowest BCUT2D eigenvalue weighted by atomic mass is 9.77. The lowest BCUT2D eigenvalue weighted by Gasteiger charge is -2.42. The number of carbonyl (C=O) groups is 1. The van der Waals surface area contributed by atoms with Crippen LogP contribution in [0.1, 0.15) is 42.6 Å². The fraction of sp³-hybridized carbons (Fsp3) is 0.571. The van der Waals surface area contributed by atoms with Gasteiger partial charge in [-0.15, -0.1) is 0 Å². The van der Waals surface area contributed by atoms with Crippen LogP contribution in [0.3, 0.4) is 0 Å². The third-order valence-corrected chi connectivity index (χ3v) is 3.84. The minimum Gasteiger partial charge on any atom is -0.367 e. The molecule has 96 valence electrons. The van der Waals surface area contributed by atoms with Crippen molar-refractivity contribution in [3.63, 3.8) is 0 Å². The average molecular weight is 245 g/mol. The fourth-order valence-corrected chi connectivity index (χ4v) is 2.68. The van der Waals surface area contributed by atoms with Crippen LogP contribution in [0.15, 0.2) is 12.4 Å². The first-order chi connectivity index (χ1) is 8.47. The Hall–Kier alpha value is -1.76. The molecule has 0 saturated carbocycles. The summed E-state index contributed by atoms with van der Waals surface area (Å²) in [6, 6.07) is 1.96. The van der Waals surface area contributed by atoms with E-state index in [9.17, 15) is 10.1 Å². The highest BCUT2D eigenvalue weighted by atomic mass is 16.2. The Morgan fingerprint density at radius 2 is 2.28 bits per heavy atom. The second-order valence-corrected chi connectivity index (χ2v) is 5.67. The average Bonchev–Trinajstić information content (AvgIpc) is 2.73. The number of hydrogen-bond acceptors (Lipinski definition) is 2. The Morgan fingerprint density at radius 3 is 2.83 bits per heavy atom. The van der Waals surface area contributed by atoms with Crippen molar-refractivity contribution in [2.45, 2.75) is 39.7 Å². The Labute approximate surface area is 108 Å². The van der Waals surface area contributed by atoms with Crippen LogP contribution in [0.4, 0.5) is 0 Å². The highest BCUT2D eigenvalue weighted by molar-refractivity contribution is 5.96. The van der Waals surface area contributed by atoms with Crippen molar-refractivity contribution in [3.8, 4) is 6.07 Å². The zero-order valence-corrected chi connectivity index (χ0v) is 11.2. The van der Waals surface area contributed by atoms with Crippen molar-refractivity contribution in [1.29, 1.82) is 5.26 Å². The van der Waals surface area contributed by atoms with Gasteiger partial charge in [0, 0.05) is 18.9 Å². The number of rotatable bonds is 1. The molecule has 1 aliphatic heterocycles. The molecule has 1 aliphatic rings. The number of H-pyrrole nitrogens is 1. The minimum atomic E-state index is -0.340. The maximum Gasteiger partial charge on any atom is 0.256 e. The predicted octanol–water partition coefficient (Wildman–Crippen LogP) is 2.48. The Kier molecular flexibility index (Phi) is 3.16. The molecule has 1 N–H and O–H groups in total. The van der Waals surface area contributed by atoms with Gasteiger partial charge in [0.1, 0.15) is 6.04 Å². The van der Waals surface area contributed by atoms with Crippen molar-refractivity contribution >= 4 is 5.91 Å². The number of nitrogens with one attached hydrogen (secondary N) is 1. The van der Waals surface area contributed by atoms with E-state index in [-0.39, 0.29) is 17.4 Å². The number of aromatic amines is 1. The second-order valence-electron chi connectivity index (χ2n) is 5.67. The molecule has 2 rings (SSSR count). The van der Waals surface area contributed by atoms with Gasteiger partial charge in [-0.3, -0.25) is 4.79 Å². The van der Waals surface area contributed by atoms with Crippen LogP contribution in [-0.4, -0.2) is 28.4 Å². The molecule has 1 aromatic rings.